The van der Waals surface area contributed by atoms with Gasteiger partial charge in [-0.25, -0.2) is 0 Å². The summed E-state index contributed by atoms with van der Waals surface area (Å²) in [6.45, 7) is 2.11. The van der Waals surface area contributed by atoms with Gasteiger partial charge in [0.15, 0.2) is 5.69 Å². The van der Waals surface area contributed by atoms with Crippen LogP contribution in [0.15, 0.2) is 12.1 Å². The van der Waals surface area contributed by atoms with Gasteiger partial charge in [-0.2, -0.15) is 13.2 Å². The fourth-order valence-corrected chi connectivity index (χ4v) is 1.83. The van der Waals surface area contributed by atoms with Crippen LogP contribution in [0, 0.1) is 20.2 Å². The molecule has 0 aromatic heterocycles. The Hall–Kier alpha value is -2.39. The van der Waals surface area contributed by atoms with Crippen molar-refractivity contribution >= 4 is 17.1 Å². The maximum atomic E-state index is 12.7. The molecule has 0 aliphatic heterocycles. The van der Waals surface area contributed by atoms with Gasteiger partial charge in [0, 0.05) is 18.7 Å². The molecule has 0 aliphatic rings. The molecular weight excluding hydrogens is 307 g/mol. The van der Waals surface area contributed by atoms with Crippen LogP contribution in [0.1, 0.15) is 31.7 Å². The van der Waals surface area contributed by atoms with E-state index in [0.29, 0.717) is 18.6 Å². The molecule has 0 spiro atoms. The second kappa shape index (κ2) is 7.05. The average Bonchev–Trinajstić information content (AvgIpc) is 2.41. The standard InChI is InChI=1S/C12H14F3N3O4/c1-2-3-4-5-16-11-9(17(19)20)6-8(12(13,14)15)7-10(11)18(21)22/h6-7,16H,2-5H2,1H3. The Morgan fingerprint density at radius 2 is 1.59 bits per heavy atom. The van der Waals surface area contributed by atoms with E-state index in [2.05, 4.69) is 5.32 Å². The maximum absolute atomic E-state index is 12.7. The van der Waals surface area contributed by atoms with Crippen molar-refractivity contribution in [2.75, 3.05) is 11.9 Å². The van der Waals surface area contributed by atoms with Crippen molar-refractivity contribution in [1.82, 2.24) is 0 Å². The summed E-state index contributed by atoms with van der Waals surface area (Å²) in [6, 6.07) is 0.601. The minimum Gasteiger partial charge on any atom is -0.374 e. The Balaban J connectivity index is 3.32. The highest BCUT2D eigenvalue weighted by molar-refractivity contribution is 5.75. The molecule has 1 aromatic rings. The van der Waals surface area contributed by atoms with E-state index in [4.69, 9.17) is 0 Å². The van der Waals surface area contributed by atoms with Crippen LogP contribution in [0.4, 0.5) is 30.2 Å². The third-order valence-electron chi connectivity index (χ3n) is 2.90. The molecule has 22 heavy (non-hydrogen) atoms. The van der Waals surface area contributed by atoms with Crippen LogP contribution in [-0.2, 0) is 6.18 Å². The molecule has 0 saturated carbocycles. The maximum Gasteiger partial charge on any atom is 0.416 e. The van der Waals surface area contributed by atoms with Crippen LogP contribution in [0.25, 0.3) is 0 Å². The van der Waals surface area contributed by atoms with Gasteiger partial charge < -0.3 is 5.32 Å². The summed E-state index contributed by atoms with van der Waals surface area (Å²) < 4.78 is 38.1. The molecule has 0 unspecified atom stereocenters. The van der Waals surface area contributed by atoms with Gasteiger partial charge in [-0.1, -0.05) is 19.8 Å². The van der Waals surface area contributed by atoms with Crippen molar-refractivity contribution in [1.29, 1.82) is 0 Å². The van der Waals surface area contributed by atoms with E-state index in [0.717, 1.165) is 12.8 Å². The molecule has 1 aromatic carbocycles. The number of rotatable bonds is 7. The van der Waals surface area contributed by atoms with Crippen LogP contribution in [0.2, 0.25) is 0 Å². The molecule has 0 saturated heterocycles. The minimum atomic E-state index is -4.91. The van der Waals surface area contributed by atoms with Crippen molar-refractivity contribution < 1.29 is 23.0 Å². The Morgan fingerprint density at radius 3 is 1.95 bits per heavy atom. The van der Waals surface area contributed by atoms with Crippen molar-refractivity contribution in [3.8, 4) is 0 Å². The van der Waals surface area contributed by atoms with E-state index in [1.165, 1.54) is 0 Å². The summed E-state index contributed by atoms with van der Waals surface area (Å²) in [7, 11) is 0. The number of hydrogen-bond donors (Lipinski definition) is 1. The van der Waals surface area contributed by atoms with Crippen LogP contribution < -0.4 is 5.32 Å². The highest BCUT2D eigenvalue weighted by Gasteiger charge is 2.37. The van der Waals surface area contributed by atoms with Gasteiger partial charge >= 0.3 is 6.18 Å². The molecule has 1 N–H and O–H groups in total. The highest BCUT2D eigenvalue weighted by Crippen LogP contribution is 2.41. The smallest absolute Gasteiger partial charge is 0.374 e. The average molecular weight is 321 g/mol. The first-order valence-corrected chi connectivity index (χ1v) is 6.46. The summed E-state index contributed by atoms with van der Waals surface area (Å²) in [5, 5.41) is 24.4. The third kappa shape index (κ3) is 4.30. The van der Waals surface area contributed by atoms with Gasteiger partial charge in [-0.05, 0) is 6.42 Å². The van der Waals surface area contributed by atoms with E-state index in [1.807, 2.05) is 6.92 Å². The summed E-state index contributed by atoms with van der Waals surface area (Å²) in [5.41, 5.74) is -3.85. The summed E-state index contributed by atoms with van der Waals surface area (Å²) in [4.78, 5) is 19.8. The van der Waals surface area contributed by atoms with Crippen molar-refractivity contribution in [2.45, 2.75) is 32.4 Å². The largest absolute Gasteiger partial charge is 0.416 e. The summed E-state index contributed by atoms with van der Waals surface area (Å²) in [6.07, 6.45) is -2.67. The molecule has 0 radical (unpaired) electrons. The van der Waals surface area contributed by atoms with E-state index >= 15 is 0 Å². The number of benzene rings is 1. The van der Waals surface area contributed by atoms with Crippen LogP contribution >= 0.6 is 0 Å². The molecular formula is C12H14F3N3O4. The van der Waals surface area contributed by atoms with Gasteiger partial charge in [0.25, 0.3) is 11.4 Å². The number of alkyl halides is 3. The second-order valence-electron chi connectivity index (χ2n) is 4.54. The molecule has 1 rings (SSSR count). The number of hydrogen-bond acceptors (Lipinski definition) is 5. The highest BCUT2D eigenvalue weighted by atomic mass is 19.4. The van der Waals surface area contributed by atoms with E-state index < -0.39 is 38.6 Å². The van der Waals surface area contributed by atoms with Crippen LogP contribution in [-0.4, -0.2) is 16.4 Å². The van der Waals surface area contributed by atoms with E-state index in [9.17, 15) is 33.4 Å². The zero-order chi connectivity index (χ0) is 16.9. The molecule has 10 heteroatoms. The lowest BCUT2D eigenvalue weighted by Gasteiger charge is -2.11. The van der Waals surface area contributed by atoms with Crippen molar-refractivity contribution in [3.05, 3.63) is 37.9 Å². The fraction of sp³-hybridized carbons (Fsp3) is 0.500. The zero-order valence-corrected chi connectivity index (χ0v) is 11.6. The number of halogens is 3. The lowest BCUT2D eigenvalue weighted by atomic mass is 10.1. The fourth-order valence-electron chi connectivity index (χ4n) is 1.83. The molecule has 122 valence electrons. The number of nitro benzene ring substituents is 2. The minimum absolute atomic E-state index is 0.195. The third-order valence-corrected chi connectivity index (χ3v) is 2.90. The summed E-state index contributed by atoms with van der Waals surface area (Å²) >= 11 is 0. The topological polar surface area (TPSA) is 98.3 Å². The Bertz CT molecular complexity index is 540. The predicted octanol–water partition coefficient (Wildman–Crippen LogP) is 4.12. The Kier molecular flexibility index (Phi) is 5.66. The zero-order valence-electron chi connectivity index (χ0n) is 11.6. The normalized spacial score (nSPS) is 11.3. The molecule has 0 aliphatic carbocycles. The Labute approximate surface area is 123 Å². The number of anilines is 1. The van der Waals surface area contributed by atoms with E-state index in [1.54, 1.807) is 0 Å². The number of nitro groups is 2. The molecule has 0 bridgehead atoms. The quantitative estimate of drug-likeness (QED) is 0.462. The lowest BCUT2D eigenvalue weighted by molar-refractivity contribution is -0.392. The van der Waals surface area contributed by atoms with Gasteiger partial charge in [-0.15, -0.1) is 0 Å². The van der Waals surface area contributed by atoms with Gasteiger partial charge in [-0.3, -0.25) is 20.2 Å². The van der Waals surface area contributed by atoms with E-state index in [-0.39, 0.29) is 6.54 Å². The number of nitrogens with zero attached hydrogens (tertiary/aromatic N) is 2. The first-order valence-electron chi connectivity index (χ1n) is 6.46. The molecule has 0 fully saturated rings. The molecule has 0 amide bonds. The van der Waals surface area contributed by atoms with Crippen molar-refractivity contribution in [2.24, 2.45) is 0 Å². The SMILES string of the molecule is CCCCCNc1c([N+](=O)[O-])cc(C(F)(F)F)cc1[N+](=O)[O-]. The molecule has 7 nitrogen and oxygen atoms in total. The van der Waals surface area contributed by atoms with Crippen LogP contribution in [0.3, 0.4) is 0 Å². The number of unbranched alkanes of at least 4 members (excludes halogenated alkanes) is 2. The predicted molar refractivity (Wildman–Crippen MR) is 72.8 cm³/mol. The first-order chi connectivity index (χ1) is 10.2. The van der Waals surface area contributed by atoms with Gasteiger partial charge in [0.2, 0.25) is 0 Å². The Morgan fingerprint density at radius 1 is 1.09 bits per heavy atom. The lowest BCUT2D eigenvalue weighted by Crippen LogP contribution is -2.11. The van der Waals surface area contributed by atoms with Gasteiger partial charge in [0.05, 0.1) is 15.4 Å². The molecule has 0 atom stereocenters. The molecule has 0 heterocycles. The number of nitrogens with one attached hydrogen (secondary N) is 1. The van der Waals surface area contributed by atoms with Gasteiger partial charge in [0.1, 0.15) is 0 Å². The van der Waals surface area contributed by atoms with Crippen molar-refractivity contribution in [3.63, 3.8) is 0 Å². The monoisotopic (exact) mass is 321 g/mol. The summed E-state index contributed by atoms with van der Waals surface area (Å²) in [5.74, 6) is 0. The second-order valence-corrected chi connectivity index (χ2v) is 4.54. The van der Waals surface area contributed by atoms with Crippen LogP contribution in [0.5, 0.6) is 0 Å². The first kappa shape index (κ1) is 17.7.